The highest BCUT2D eigenvalue weighted by molar-refractivity contribution is 5.92. The number of carboxylic acids is 2. The molecule has 0 aliphatic heterocycles. The van der Waals surface area contributed by atoms with Crippen LogP contribution in [0.1, 0.15) is 33.1 Å². The first-order chi connectivity index (χ1) is 12.1. The van der Waals surface area contributed by atoms with Crippen LogP contribution in [0.3, 0.4) is 0 Å². The number of aliphatic carboxylic acids is 2. The summed E-state index contributed by atoms with van der Waals surface area (Å²) in [6.45, 7) is 2.55. The molecule has 0 radical (unpaired) electrons. The van der Waals surface area contributed by atoms with E-state index in [1.165, 1.54) is 0 Å². The maximum Gasteiger partial charge on any atom is 0.322 e. The van der Waals surface area contributed by atoms with Gasteiger partial charge in [-0.2, -0.15) is 0 Å². The first-order valence-electron chi connectivity index (χ1n) is 8.12. The highest BCUT2D eigenvalue weighted by Crippen LogP contribution is 2.04. The van der Waals surface area contributed by atoms with Gasteiger partial charge in [-0.15, -0.1) is 0 Å². The van der Waals surface area contributed by atoms with Crippen LogP contribution in [0.4, 0.5) is 0 Å². The average molecular weight is 374 g/mol. The quantitative estimate of drug-likeness (QED) is 0.227. The summed E-state index contributed by atoms with van der Waals surface area (Å²) < 4.78 is 0. The molecule has 3 amide bonds. The van der Waals surface area contributed by atoms with Crippen molar-refractivity contribution in [1.29, 1.82) is 0 Å². The third-order valence-corrected chi connectivity index (χ3v) is 3.70. The number of carboxylic acid groups (broad SMARTS) is 2. The zero-order valence-corrected chi connectivity index (χ0v) is 14.8. The second-order valence-electron chi connectivity index (χ2n) is 5.79. The van der Waals surface area contributed by atoms with Crippen molar-refractivity contribution in [2.75, 3.05) is 13.1 Å². The zero-order valence-electron chi connectivity index (χ0n) is 14.8. The summed E-state index contributed by atoms with van der Waals surface area (Å²) in [5.74, 6) is -4.62. The first kappa shape index (κ1) is 23.3. The number of hydrogen-bond acceptors (Lipinski definition) is 6. The van der Waals surface area contributed by atoms with E-state index in [9.17, 15) is 24.0 Å². The van der Waals surface area contributed by atoms with Crippen molar-refractivity contribution in [2.24, 2.45) is 11.7 Å². The monoisotopic (exact) mass is 374 g/mol. The van der Waals surface area contributed by atoms with Crippen molar-refractivity contribution >= 4 is 29.7 Å². The molecule has 148 valence electrons. The maximum absolute atomic E-state index is 11.9. The van der Waals surface area contributed by atoms with E-state index in [-0.39, 0.29) is 12.3 Å². The van der Waals surface area contributed by atoms with E-state index in [1.807, 2.05) is 6.92 Å². The Kier molecular flexibility index (Phi) is 10.6. The smallest absolute Gasteiger partial charge is 0.322 e. The van der Waals surface area contributed by atoms with Crippen LogP contribution in [0.25, 0.3) is 0 Å². The molecule has 0 heterocycles. The Balaban J connectivity index is 4.64. The zero-order chi connectivity index (χ0) is 20.3. The summed E-state index contributed by atoms with van der Waals surface area (Å²) in [5.41, 5.74) is 5.73. The minimum atomic E-state index is -1.28. The van der Waals surface area contributed by atoms with Crippen LogP contribution in [0.15, 0.2) is 0 Å². The Morgan fingerprint density at radius 1 is 0.962 bits per heavy atom. The SMILES string of the molecule is CCC(C)C(N)C(=O)NCC(=O)NC(CCC(=O)O)C(=O)NCC(=O)O. The van der Waals surface area contributed by atoms with Crippen LogP contribution in [-0.2, 0) is 24.0 Å². The van der Waals surface area contributed by atoms with E-state index in [0.717, 1.165) is 0 Å². The minimum Gasteiger partial charge on any atom is -0.481 e. The molecule has 0 aromatic heterocycles. The molecule has 0 saturated heterocycles. The third-order valence-electron chi connectivity index (χ3n) is 3.70. The van der Waals surface area contributed by atoms with Crippen molar-refractivity contribution in [1.82, 2.24) is 16.0 Å². The van der Waals surface area contributed by atoms with Crippen molar-refractivity contribution in [3.8, 4) is 0 Å². The highest BCUT2D eigenvalue weighted by Gasteiger charge is 2.23. The lowest BCUT2D eigenvalue weighted by molar-refractivity contribution is -0.140. The van der Waals surface area contributed by atoms with Crippen LogP contribution in [0, 0.1) is 5.92 Å². The molecule has 0 rings (SSSR count). The molecule has 3 atom stereocenters. The van der Waals surface area contributed by atoms with Crippen molar-refractivity contribution in [3.63, 3.8) is 0 Å². The molecular formula is C15H26N4O7. The molecule has 0 aromatic rings. The van der Waals surface area contributed by atoms with Gasteiger partial charge in [-0.3, -0.25) is 24.0 Å². The Bertz CT molecular complexity index is 538. The van der Waals surface area contributed by atoms with E-state index in [1.54, 1.807) is 6.92 Å². The normalized spacial score (nSPS) is 13.8. The van der Waals surface area contributed by atoms with E-state index >= 15 is 0 Å². The van der Waals surface area contributed by atoms with E-state index in [2.05, 4.69) is 16.0 Å². The van der Waals surface area contributed by atoms with Crippen molar-refractivity contribution in [3.05, 3.63) is 0 Å². The first-order valence-corrected chi connectivity index (χ1v) is 8.12. The van der Waals surface area contributed by atoms with Crippen LogP contribution in [0.2, 0.25) is 0 Å². The standard InChI is InChI=1S/C15H26N4O7/c1-3-8(2)13(16)15(26)17-6-10(20)19-9(4-5-11(21)22)14(25)18-7-12(23)24/h8-9,13H,3-7,16H2,1-2H3,(H,17,26)(H,18,25)(H,19,20)(H,21,22)(H,23,24). The third kappa shape index (κ3) is 9.57. The van der Waals surface area contributed by atoms with Gasteiger partial charge in [-0.1, -0.05) is 20.3 Å². The summed E-state index contributed by atoms with van der Waals surface area (Å²) in [5, 5.41) is 23.9. The van der Waals surface area contributed by atoms with E-state index in [0.29, 0.717) is 6.42 Å². The largest absolute Gasteiger partial charge is 0.481 e. The second kappa shape index (κ2) is 11.8. The van der Waals surface area contributed by atoms with Gasteiger partial charge in [0.15, 0.2) is 0 Å². The van der Waals surface area contributed by atoms with Gasteiger partial charge in [-0.05, 0) is 12.3 Å². The number of carbonyl (C=O) groups excluding carboxylic acids is 3. The minimum absolute atomic E-state index is 0.0804. The molecule has 11 nitrogen and oxygen atoms in total. The number of carbonyl (C=O) groups is 5. The molecule has 0 aromatic carbocycles. The molecule has 3 unspecified atom stereocenters. The summed E-state index contributed by atoms with van der Waals surface area (Å²) in [6, 6.07) is -2.02. The molecule has 0 bridgehead atoms. The van der Waals surface area contributed by atoms with Crippen LogP contribution < -0.4 is 21.7 Å². The van der Waals surface area contributed by atoms with Crippen LogP contribution in [0.5, 0.6) is 0 Å². The fraction of sp³-hybridized carbons (Fsp3) is 0.667. The van der Waals surface area contributed by atoms with E-state index in [4.69, 9.17) is 15.9 Å². The van der Waals surface area contributed by atoms with Gasteiger partial charge in [0.25, 0.3) is 0 Å². The summed E-state index contributed by atoms with van der Waals surface area (Å²) >= 11 is 0. The average Bonchev–Trinajstić information content (AvgIpc) is 2.59. The van der Waals surface area contributed by atoms with Gasteiger partial charge >= 0.3 is 11.9 Å². The fourth-order valence-corrected chi connectivity index (χ4v) is 1.87. The summed E-state index contributed by atoms with van der Waals surface area (Å²) in [6.07, 6.45) is 0.0470. The topological polar surface area (TPSA) is 188 Å². The molecule has 0 aliphatic carbocycles. The number of nitrogens with two attached hydrogens (primary N) is 1. The van der Waals surface area contributed by atoms with E-state index < -0.39 is 61.3 Å². The van der Waals surface area contributed by atoms with Crippen LogP contribution >= 0.6 is 0 Å². The lowest BCUT2D eigenvalue weighted by Gasteiger charge is -2.19. The number of nitrogens with one attached hydrogen (secondary N) is 3. The predicted molar refractivity (Wildman–Crippen MR) is 89.9 cm³/mol. The molecule has 0 fully saturated rings. The number of rotatable bonds is 12. The van der Waals surface area contributed by atoms with Gasteiger partial charge in [0.05, 0.1) is 12.6 Å². The maximum atomic E-state index is 11.9. The summed E-state index contributed by atoms with van der Waals surface area (Å²) in [7, 11) is 0. The summed E-state index contributed by atoms with van der Waals surface area (Å²) in [4.78, 5) is 56.7. The molecular weight excluding hydrogens is 348 g/mol. The number of hydrogen-bond donors (Lipinski definition) is 6. The van der Waals surface area contributed by atoms with Gasteiger partial charge in [-0.25, -0.2) is 0 Å². The van der Waals surface area contributed by atoms with Crippen LogP contribution in [-0.4, -0.2) is 65.0 Å². The van der Waals surface area contributed by atoms with Crippen molar-refractivity contribution in [2.45, 2.75) is 45.2 Å². The lowest BCUT2D eigenvalue weighted by atomic mass is 9.99. The van der Waals surface area contributed by atoms with Gasteiger partial charge in [0.1, 0.15) is 12.6 Å². The Morgan fingerprint density at radius 3 is 2.04 bits per heavy atom. The Hall–Kier alpha value is -2.69. The molecule has 0 aliphatic rings. The Labute approximate surface area is 150 Å². The van der Waals surface area contributed by atoms with Gasteiger partial charge in [0, 0.05) is 6.42 Å². The van der Waals surface area contributed by atoms with Gasteiger partial charge in [0.2, 0.25) is 17.7 Å². The highest BCUT2D eigenvalue weighted by atomic mass is 16.4. The van der Waals surface area contributed by atoms with Gasteiger partial charge < -0.3 is 31.9 Å². The molecule has 7 N–H and O–H groups in total. The molecule has 11 heteroatoms. The molecule has 26 heavy (non-hydrogen) atoms. The molecule has 0 spiro atoms. The fourth-order valence-electron chi connectivity index (χ4n) is 1.87. The molecule has 0 saturated carbocycles. The number of amides is 3. The second-order valence-corrected chi connectivity index (χ2v) is 5.79. The Morgan fingerprint density at radius 2 is 1.54 bits per heavy atom. The van der Waals surface area contributed by atoms with Crippen molar-refractivity contribution < 1.29 is 34.2 Å². The lowest BCUT2D eigenvalue weighted by Crippen LogP contribution is -2.52. The predicted octanol–water partition coefficient (Wildman–Crippen LogP) is -1.97.